The standard InChI is InChI=1S/C14H16Cl2N4O2/c15-11-2-1-9(5-12(11)16)6-18-13(21)19-7-10(8-19)20-4-3-17-14(20)22/h1-2,5,10H,3-4,6-8H2,(H,17,22)(H,18,21). The minimum absolute atomic E-state index is 0.0409. The molecule has 2 fully saturated rings. The highest BCUT2D eigenvalue weighted by Gasteiger charge is 2.38. The summed E-state index contributed by atoms with van der Waals surface area (Å²) in [5.74, 6) is 0. The minimum atomic E-state index is -0.137. The maximum absolute atomic E-state index is 12.0. The zero-order valence-corrected chi connectivity index (χ0v) is 13.3. The fraction of sp³-hybridized carbons (Fsp3) is 0.429. The zero-order chi connectivity index (χ0) is 15.7. The van der Waals surface area contributed by atoms with Crippen LogP contribution in [-0.4, -0.2) is 54.1 Å². The Hall–Kier alpha value is -1.66. The molecule has 0 atom stereocenters. The highest BCUT2D eigenvalue weighted by molar-refractivity contribution is 6.42. The number of likely N-dealkylation sites (tertiary alicyclic amines) is 1. The van der Waals surface area contributed by atoms with Crippen molar-refractivity contribution in [3.63, 3.8) is 0 Å². The van der Waals surface area contributed by atoms with Gasteiger partial charge < -0.3 is 20.4 Å². The SMILES string of the molecule is O=C(NCc1ccc(Cl)c(Cl)c1)N1CC(N2CCNC2=O)C1. The van der Waals surface area contributed by atoms with Gasteiger partial charge in [0.05, 0.1) is 16.1 Å². The van der Waals surface area contributed by atoms with Crippen molar-refractivity contribution < 1.29 is 9.59 Å². The van der Waals surface area contributed by atoms with Gasteiger partial charge in [-0.15, -0.1) is 0 Å². The number of amides is 4. The number of hydrogen-bond donors (Lipinski definition) is 2. The molecule has 0 saturated carbocycles. The van der Waals surface area contributed by atoms with Gasteiger partial charge in [0.2, 0.25) is 0 Å². The van der Waals surface area contributed by atoms with E-state index in [0.29, 0.717) is 42.8 Å². The summed E-state index contributed by atoms with van der Waals surface area (Å²) in [5, 5.41) is 6.56. The Morgan fingerprint density at radius 2 is 2.09 bits per heavy atom. The first kappa shape index (κ1) is 15.2. The fourth-order valence-corrected chi connectivity index (χ4v) is 2.91. The first-order valence-electron chi connectivity index (χ1n) is 7.06. The lowest BCUT2D eigenvalue weighted by atomic mass is 10.1. The molecule has 0 aliphatic carbocycles. The molecule has 2 saturated heterocycles. The van der Waals surface area contributed by atoms with Crippen LogP contribution in [-0.2, 0) is 6.54 Å². The Bertz CT molecular complexity index is 605. The summed E-state index contributed by atoms with van der Waals surface area (Å²) in [5.41, 5.74) is 0.888. The number of hydrogen-bond acceptors (Lipinski definition) is 2. The van der Waals surface area contributed by atoms with E-state index in [1.165, 1.54) is 0 Å². The summed E-state index contributed by atoms with van der Waals surface area (Å²) < 4.78 is 0. The topological polar surface area (TPSA) is 64.7 Å². The van der Waals surface area contributed by atoms with E-state index in [0.717, 1.165) is 5.56 Å². The van der Waals surface area contributed by atoms with Gasteiger partial charge >= 0.3 is 12.1 Å². The molecule has 118 valence electrons. The first-order valence-corrected chi connectivity index (χ1v) is 7.81. The zero-order valence-electron chi connectivity index (χ0n) is 11.8. The van der Waals surface area contributed by atoms with Gasteiger partial charge in [0.25, 0.3) is 0 Å². The molecule has 4 amide bonds. The van der Waals surface area contributed by atoms with E-state index in [9.17, 15) is 9.59 Å². The fourth-order valence-electron chi connectivity index (χ4n) is 2.59. The molecule has 2 aliphatic heterocycles. The van der Waals surface area contributed by atoms with Crippen molar-refractivity contribution in [2.45, 2.75) is 12.6 Å². The number of nitrogens with zero attached hydrogens (tertiary/aromatic N) is 2. The Balaban J connectivity index is 1.45. The van der Waals surface area contributed by atoms with Crippen molar-refractivity contribution >= 4 is 35.3 Å². The van der Waals surface area contributed by atoms with E-state index in [2.05, 4.69) is 10.6 Å². The number of urea groups is 2. The van der Waals surface area contributed by atoms with Crippen molar-refractivity contribution in [3.8, 4) is 0 Å². The second-order valence-corrected chi connectivity index (χ2v) is 6.21. The summed E-state index contributed by atoms with van der Waals surface area (Å²) in [4.78, 5) is 27.0. The van der Waals surface area contributed by atoms with Crippen LogP contribution < -0.4 is 10.6 Å². The summed E-state index contributed by atoms with van der Waals surface area (Å²) in [6.45, 7) is 2.92. The summed E-state index contributed by atoms with van der Waals surface area (Å²) in [6.07, 6.45) is 0. The number of carbonyl (C=O) groups is 2. The molecule has 1 aromatic rings. The van der Waals surface area contributed by atoms with Crippen LogP contribution in [0.25, 0.3) is 0 Å². The van der Waals surface area contributed by atoms with Gasteiger partial charge in [0.15, 0.2) is 0 Å². The molecule has 2 aliphatic rings. The van der Waals surface area contributed by atoms with Crippen molar-refractivity contribution in [3.05, 3.63) is 33.8 Å². The second kappa shape index (κ2) is 6.22. The van der Waals surface area contributed by atoms with Crippen LogP contribution in [0, 0.1) is 0 Å². The van der Waals surface area contributed by atoms with Crippen LogP contribution in [0.4, 0.5) is 9.59 Å². The van der Waals surface area contributed by atoms with Gasteiger partial charge in [-0.3, -0.25) is 0 Å². The summed E-state index contributed by atoms with van der Waals surface area (Å²) >= 11 is 11.8. The molecule has 0 unspecified atom stereocenters. The average Bonchev–Trinajstić information content (AvgIpc) is 2.85. The lowest BCUT2D eigenvalue weighted by Crippen LogP contribution is -2.63. The normalized spacial score (nSPS) is 18.2. The lowest BCUT2D eigenvalue weighted by molar-refractivity contribution is 0.0858. The Kier molecular flexibility index (Phi) is 4.31. The maximum Gasteiger partial charge on any atom is 0.317 e. The molecule has 0 radical (unpaired) electrons. The quantitative estimate of drug-likeness (QED) is 0.881. The number of halogens is 2. The van der Waals surface area contributed by atoms with Crippen molar-refractivity contribution in [2.24, 2.45) is 0 Å². The largest absolute Gasteiger partial charge is 0.336 e. The van der Waals surface area contributed by atoms with Crippen molar-refractivity contribution in [1.29, 1.82) is 0 Å². The highest BCUT2D eigenvalue weighted by atomic mass is 35.5. The van der Waals surface area contributed by atoms with Gasteiger partial charge in [-0.25, -0.2) is 9.59 Å². The number of carbonyl (C=O) groups excluding carboxylic acids is 2. The Morgan fingerprint density at radius 3 is 2.73 bits per heavy atom. The van der Waals surface area contributed by atoms with Gasteiger partial charge in [0, 0.05) is 32.7 Å². The lowest BCUT2D eigenvalue weighted by Gasteiger charge is -2.43. The van der Waals surface area contributed by atoms with E-state index >= 15 is 0 Å². The molecule has 2 heterocycles. The van der Waals surface area contributed by atoms with Crippen LogP contribution in [0.1, 0.15) is 5.56 Å². The van der Waals surface area contributed by atoms with E-state index in [-0.39, 0.29) is 18.1 Å². The van der Waals surface area contributed by atoms with Crippen molar-refractivity contribution in [1.82, 2.24) is 20.4 Å². The predicted molar refractivity (Wildman–Crippen MR) is 84.2 cm³/mol. The monoisotopic (exact) mass is 342 g/mol. The van der Waals surface area contributed by atoms with Crippen LogP contribution >= 0.6 is 23.2 Å². The molecule has 8 heteroatoms. The van der Waals surface area contributed by atoms with Crippen LogP contribution in [0.5, 0.6) is 0 Å². The van der Waals surface area contributed by atoms with Crippen LogP contribution in [0.15, 0.2) is 18.2 Å². The molecule has 6 nitrogen and oxygen atoms in total. The van der Waals surface area contributed by atoms with E-state index in [1.54, 1.807) is 21.9 Å². The molecule has 1 aromatic carbocycles. The Morgan fingerprint density at radius 1 is 1.32 bits per heavy atom. The average molecular weight is 343 g/mol. The third-order valence-corrected chi connectivity index (χ3v) is 4.65. The summed E-state index contributed by atoms with van der Waals surface area (Å²) in [6, 6.07) is 5.21. The van der Waals surface area contributed by atoms with Gasteiger partial charge in [-0.1, -0.05) is 29.3 Å². The molecule has 3 rings (SSSR count). The molecule has 0 bridgehead atoms. The van der Waals surface area contributed by atoms with E-state index in [1.807, 2.05) is 6.07 Å². The smallest absolute Gasteiger partial charge is 0.317 e. The molecular formula is C14H16Cl2N4O2. The third kappa shape index (κ3) is 3.08. The van der Waals surface area contributed by atoms with Gasteiger partial charge in [0.1, 0.15) is 0 Å². The van der Waals surface area contributed by atoms with E-state index < -0.39 is 0 Å². The highest BCUT2D eigenvalue weighted by Crippen LogP contribution is 2.22. The third-order valence-electron chi connectivity index (χ3n) is 3.91. The number of benzene rings is 1. The number of rotatable bonds is 3. The molecule has 0 aromatic heterocycles. The second-order valence-electron chi connectivity index (χ2n) is 5.39. The van der Waals surface area contributed by atoms with Gasteiger partial charge in [-0.2, -0.15) is 0 Å². The summed E-state index contributed by atoms with van der Waals surface area (Å²) in [7, 11) is 0. The molecule has 2 N–H and O–H groups in total. The number of nitrogens with one attached hydrogen (secondary N) is 2. The molecular weight excluding hydrogens is 327 g/mol. The molecule has 22 heavy (non-hydrogen) atoms. The van der Waals surface area contributed by atoms with Crippen LogP contribution in [0.2, 0.25) is 10.0 Å². The molecule has 0 spiro atoms. The first-order chi connectivity index (χ1) is 10.5. The Labute approximate surface area is 138 Å². The predicted octanol–water partition coefficient (Wildman–Crippen LogP) is 1.91. The van der Waals surface area contributed by atoms with Gasteiger partial charge in [-0.05, 0) is 17.7 Å². The van der Waals surface area contributed by atoms with Crippen molar-refractivity contribution in [2.75, 3.05) is 26.2 Å². The maximum atomic E-state index is 12.0. The minimum Gasteiger partial charge on any atom is -0.336 e. The van der Waals surface area contributed by atoms with E-state index in [4.69, 9.17) is 23.2 Å². The van der Waals surface area contributed by atoms with Crippen LogP contribution in [0.3, 0.4) is 0 Å².